The van der Waals surface area contributed by atoms with Gasteiger partial charge in [0, 0.05) is 12.3 Å². The summed E-state index contributed by atoms with van der Waals surface area (Å²) in [6.07, 6.45) is 1.24. The average Bonchev–Trinajstić information content (AvgIpc) is 2.63. The van der Waals surface area contributed by atoms with Crippen molar-refractivity contribution in [2.45, 2.75) is 6.92 Å². The van der Waals surface area contributed by atoms with Crippen molar-refractivity contribution >= 4 is 35.4 Å². The fourth-order valence-electron chi connectivity index (χ4n) is 2.51. The van der Waals surface area contributed by atoms with E-state index in [-0.39, 0.29) is 0 Å². The molecule has 7 heteroatoms. The minimum absolute atomic E-state index is 0.394. The number of rotatable bonds is 4. The molecular weight excluding hydrogens is 334 g/mol. The van der Waals surface area contributed by atoms with Crippen molar-refractivity contribution in [1.82, 2.24) is 5.32 Å². The molecule has 4 amide bonds. The lowest BCUT2D eigenvalue weighted by Gasteiger charge is -2.28. The monoisotopic (exact) mass is 351 g/mol. The number of anilines is 1. The molecule has 0 spiro atoms. The minimum atomic E-state index is -1.19. The molecule has 1 N–H and O–H groups in total. The number of imide groups is 2. The van der Waals surface area contributed by atoms with Gasteiger partial charge in [0.05, 0.1) is 18.5 Å². The van der Waals surface area contributed by atoms with Gasteiger partial charge in [-0.2, -0.15) is 0 Å². The normalized spacial score (nSPS) is 17.5. The zero-order chi connectivity index (χ0) is 18.7. The standard InChI is InChI=1S/C19H17N3O4/c1-12-6-8-14(9-7-12)22-18(24)16(17(23)21-19(22)25)11-20-13-4-3-5-15(10-13)26-2/h3-11,16H,1-2H3,(H,21,23,25)/t16-/m1/s1. The highest BCUT2D eigenvalue weighted by atomic mass is 16.5. The van der Waals surface area contributed by atoms with Crippen LogP contribution in [0.1, 0.15) is 5.56 Å². The fraction of sp³-hybridized carbons (Fsp3) is 0.158. The number of aliphatic imine (C=N–C) groups is 1. The van der Waals surface area contributed by atoms with Gasteiger partial charge in [-0.3, -0.25) is 19.9 Å². The summed E-state index contributed by atoms with van der Waals surface area (Å²) in [6, 6.07) is 13.0. The maximum absolute atomic E-state index is 12.7. The van der Waals surface area contributed by atoms with Gasteiger partial charge in [-0.15, -0.1) is 0 Å². The summed E-state index contributed by atoms with van der Waals surface area (Å²) in [6.45, 7) is 1.90. The SMILES string of the molecule is COc1cccc(N=C[C@@H]2C(=O)NC(=O)N(c3ccc(C)cc3)C2=O)c1. The second-order valence-corrected chi connectivity index (χ2v) is 5.76. The molecule has 2 aromatic carbocycles. The molecule has 1 saturated heterocycles. The number of barbiturate groups is 1. The van der Waals surface area contributed by atoms with Crippen LogP contribution in [0.5, 0.6) is 5.75 Å². The van der Waals surface area contributed by atoms with Crippen LogP contribution < -0.4 is 15.0 Å². The van der Waals surface area contributed by atoms with Gasteiger partial charge < -0.3 is 4.74 Å². The molecule has 1 aliphatic heterocycles. The van der Waals surface area contributed by atoms with Crippen molar-refractivity contribution in [3.05, 3.63) is 54.1 Å². The molecule has 3 rings (SSSR count). The zero-order valence-electron chi connectivity index (χ0n) is 14.3. The maximum atomic E-state index is 12.7. The number of amides is 4. The topological polar surface area (TPSA) is 88.1 Å². The first-order valence-corrected chi connectivity index (χ1v) is 7.93. The third kappa shape index (κ3) is 3.46. The molecular formula is C19H17N3O4. The van der Waals surface area contributed by atoms with Crippen LogP contribution in [-0.4, -0.2) is 31.2 Å². The molecule has 1 aliphatic rings. The van der Waals surface area contributed by atoms with Crippen molar-refractivity contribution in [3.8, 4) is 5.75 Å². The highest BCUT2D eigenvalue weighted by Crippen LogP contribution is 2.22. The Morgan fingerprint density at radius 3 is 2.54 bits per heavy atom. The Hall–Kier alpha value is -3.48. The van der Waals surface area contributed by atoms with Crippen molar-refractivity contribution in [1.29, 1.82) is 0 Å². The van der Waals surface area contributed by atoms with E-state index in [1.807, 2.05) is 6.92 Å². The molecule has 1 fully saturated rings. The van der Waals surface area contributed by atoms with Gasteiger partial charge in [-0.25, -0.2) is 9.69 Å². The van der Waals surface area contributed by atoms with Crippen molar-refractivity contribution in [2.75, 3.05) is 12.0 Å². The minimum Gasteiger partial charge on any atom is -0.497 e. The van der Waals surface area contributed by atoms with Gasteiger partial charge in [0.25, 0.3) is 5.91 Å². The van der Waals surface area contributed by atoms with Crippen LogP contribution in [-0.2, 0) is 9.59 Å². The number of hydrogen-bond acceptors (Lipinski definition) is 5. The lowest BCUT2D eigenvalue weighted by atomic mass is 10.1. The van der Waals surface area contributed by atoms with E-state index in [0.717, 1.165) is 10.5 Å². The van der Waals surface area contributed by atoms with E-state index in [4.69, 9.17) is 4.74 Å². The van der Waals surface area contributed by atoms with Crippen LogP contribution in [0.15, 0.2) is 53.5 Å². The second kappa shape index (κ2) is 7.18. The molecule has 132 valence electrons. The molecule has 7 nitrogen and oxygen atoms in total. The van der Waals surface area contributed by atoms with Crippen molar-refractivity contribution in [2.24, 2.45) is 10.9 Å². The number of benzene rings is 2. The van der Waals surface area contributed by atoms with Gasteiger partial charge in [-0.05, 0) is 31.2 Å². The Morgan fingerprint density at radius 2 is 1.85 bits per heavy atom. The van der Waals surface area contributed by atoms with Crippen molar-refractivity contribution in [3.63, 3.8) is 0 Å². The van der Waals surface area contributed by atoms with Crippen LogP contribution in [0.25, 0.3) is 0 Å². The third-order valence-electron chi connectivity index (χ3n) is 3.92. The lowest BCUT2D eigenvalue weighted by Crippen LogP contribution is -2.58. The molecule has 1 atom stereocenters. The van der Waals surface area contributed by atoms with Gasteiger partial charge in [0.1, 0.15) is 5.75 Å². The van der Waals surface area contributed by atoms with Crippen LogP contribution in [0.2, 0.25) is 0 Å². The number of methoxy groups -OCH3 is 1. The Labute approximate surface area is 150 Å². The smallest absolute Gasteiger partial charge is 0.335 e. The molecule has 0 bridgehead atoms. The first-order valence-electron chi connectivity index (χ1n) is 7.93. The summed E-state index contributed by atoms with van der Waals surface area (Å²) in [7, 11) is 1.53. The summed E-state index contributed by atoms with van der Waals surface area (Å²) in [4.78, 5) is 42.0. The molecule has 0 aromatic heterocycles. The molecule has 0 unspecified atom stereocenters. The number of aryl methyl sites for hydroxylation is 1. The second-order valence-electron chi connectivity index (χ2n) is 5.76. The molecule has 2 aromatic rings. The van der Waals surface area contributed by atoms with E-state index < -0.39 is 23.8 Å². The number of carbonyl (C=O) groups is 3. The van der Waals surface area contributed by atoms with Gasteiger partial charge in [0.2, 0.25) is 5.91 Å². The lowest BCUT2D eigenvalue weighted by molar-refractivity contribution is -0.131. The summed E-state index contributed by atoms with van der Waals surface area (Å²) in [5.74, 6) is -1.93. The Kier molecular flexibility index (Phi) is 4.79. The Bertz CT molecular complexity index is 890. The summed E-state index contributed by atoms with van der Waals surface area (Å²) >= 11 is 0. The zero-order valence-corrected chi connectivity index (χ0v) is 14.3. The summed E-state index contributed by atoms with van der Waals surface area (Å²) < 4.78 is 5.11. The number of hydrogen-bond donors (Lipinski definition) is 1. The fourth-order valence-corrected chi connectivity index (χ4v) is 2.51. The highest BCUT2D eigenvalue weighted by molar-refractivity contribution is 6.32. The van der Waals surface area contributed by atoms with Gasteiger partial charge in [-0.1, -0.05) is 23.8 Å². The predicted molar refractivity (Wildman–Crippen MR) is 96.8 cm³/mol. The largest absolute Gasteiger partial charge is 0.497 e. The Balaban J connectivity index is 1.87. The van der Waals surface area contributed by atoms with E-state index >= 15 is 0 Å². The molecule has 0 saturated carbocycles. The maximum Gasteiger partial charge on any atom is 0.335 e. The highest BCUT2D eigenvalue weighted by Gasteiger charge is 2.40. The number of ether oxygens (including phenoxy) is 1. The number of nitrogens with zero attached hydrogens (tertiary/aromatic N) is 2. The van der Waals surface area contributed by atoms with Crippen LogP contribution in [0.3, 0.4) is 0 Å². The van der Waals surface area contributed by atoms with Crippen LogP contribution in [0.4, 0.5) is 16.2 Å². The number of urea groups is 1. The predicted octanol–water partition coefficient (Wildman–Crippen LogP) is 2.61. The summed E-state index contributed by atoms with van der Waals surface area (Å²) in [5.41, 5.74) is 1.92. The molecule has 1 heterocycles. The van der Waals surface area contributed by atoms with Gasteiger partial charge in [0.15, 0.2) is 5.92 Å². The van der Waals surface area contributed by atoms with E-state index in [1.165, 1.54) is 13.3 Å². The molecule has 0 radical (unpaired) electrons. The van der Waals surface area contributed by atoms with E-state index in [2.05, 4.69) is 10.3 Å². The first kappa shape index (κ1) is 17.3. The molecule has 26 heavy (non-hydrogen) atoms. The van der Waals surface area contributed by atoms with Crippen LogP contribution >= 0.6 is 0 Å². The van der Waals surface area contributed by atoms with E-state index in [9.17, 15) is 14.4 Å². The van der Waals surface area contributed by atoms with E-state index in [0.29, 0.717) is 17.1 Å². The third-order valence-corrected chi connectivity index (χ3v) is 3.92. The van der Waals surface area contributed by atoms with Gasteiger partial charge >= 0.3 is 6.03 Å². The number of nitrogens with one attached hydrogen (secondary N) is 1. The van der Waals surface area contributed by atoms with E-state index in [1.54, 1.807) is 48.5 Å². The summed E-state index contributed by atoms with van der Waals surface area (Å²) in [5, 5.41) is 2.19. The first-order chi connectivity index (χ1) is 12.5. The molecule has 0 aliphatic carbocycles. The quantitative estimate of drug-likeness (QED) is 0.677. The van der Waals surface area contributed by atoms with Crippen LogP contribution in [0, 0.1) is 12.8 Å². The number of carbonyl (C=O) groups excluding carboxylic acids is 3. The average molecular weight is 351 g/mol. The Morgan fingerprint density at radius 1 is 1.12 bits per heavy atom. The van der Waals surface area contributed by atoms with Crippen molar-refractivity contribution < 1.29 is 19.1 Å².